The summed E-state index contributed by atoms with van der Waals surface area (Å²) in [5.74, 6) is 0.608. The molecule has 1 aromatic rings. The van der Waals surface area contributed by atoms with Crippen molar-refractivity contribution < 1.29 is 14.6 Å². The molecule has 2 N–H and O–H groups in total. The second kappa shape index (κ2) is 7.71. The van der Waals surface area contributed by atoms with Crippen LogP contribution in [0.5, 0.6) is 5.75 Å². The molecule has 0 fully saturated rings. The van der Waals surface area contributed by atoms with Crippen LogP contribution in [0, 0.1) is 0 Å². The maximum Gasteiger partial charge on any atom is 0.224 e. The minimum atomic E-state index is -0.461. The summed E-state index contributed by atoms with van der Waals surface area (Å²) in [6, 6.07) is 7.43. The Kier molecular flexibility index (Phi) is 6.22. The van der Waals surface area contributed by atoms with E-state index in [1.807, 2.05) is 31.2 Å². The van der Waals surface area contributed by atoms with Crippen molar-refractivity contribution in [1.82, 2.24) is 5.32 Å². The molecule has 0 saturated carbocycles. The summed E-state index contributed by atoms with van der Waals surface area (Å²) in [4.78, 5) is 11.7. The molecular formula is C14H21NO3. The Balaban J connectivity index is 2.44. The molecule has 0 aliphatic heterocycles. The first-order valence-electron chi connectivity index (χ1n) is 6.24. The molecule has 0 aromatic heterocycles. The summed E-state index contributed by atoms with van der Waals surface area (Å²) >= 11 is 0. The van der Waals surface area contributed by atoms with Gasteiger partial charge in [-0.15, -0.1) is 0 Å². The second-order valence-corrected chi connectivity index (χ2v) is 4.24. The van der Waals surface area contributed by atoms with Gasteiger partial charge in [-0.2, -0.15) is 0 Å². The number of rotatable bonds is 7. The highest BCUT2D eigenvalue weighted by Crippen LogP contribution is 2.17. The third-order valence-electron chi connectivity index (χ3n) is 2.70. The summed E-state index contributed by atoms with van der Waals surface area (Å²) in [5.41, 5.74) is 0.850. The quantitative estimate of drug-likeness (QED) is 0.772. The zero-order valence-corrected chi connectivity index (χ0v) is 11.0. The van der Waals surface area contributed by atoms with E-state index in [4.69, 9.17) is 4.74 Å². The highest BCUT2D eigenvalue weighted by atomic mass is 16.5. The third-order valence-corrected chi connectivity index (χ3v) is 2.70. The molecule has 100 valence electrons. The molecular weight excluding hydrogens is 230 g/mol. The third kappa shape index (κ3) is 4.75. The van der Waals surface area contributed by atoms with Crippen molar-refractivity contribution in [2.24, 2.45) is 0 Å². The van der Waals surface area contributed by atoms with Crippen molar-refractivity contribution in [2.75, 3.05) is 13.7 Å². The minimum absolute atomic E-state index is 0.102. The van der Waals surface area contributed by atoms with E-state index in [1.54, 1.807) is 7.11 Å². The first-order valence-corrected chi connectivity index (χ1v) is 6.24. The smallest absolute Gasteiger partial charge is 0.224 e. The number of benzene rings is 1. The molecule has 0 heterocycles. The topological polar surface area (TPSA) is 58.6 Å². The molecule has 0 radical (unpaired) electrons. The van der Waals surface area contributed by atoms with Crippen molar-refractivity contribution in [2.45, 2.75) is 32.3 Å². The predicted octanol–water partition coefficient (Wildman–Crippen LogP) is 1.51. The summed E-state index contributed by atoms with van der Waals surface area (Å²) in [5, 5.41) is 12.2. The van der Waals surface area contributed by atoms with E-state index in [0.717, 1.165) is 12.0 Å². The number of hydrogen-bond acceptors (Lipinski definition) is 3. The van der Waals surface area contributed by atoms with Crippen LogP contribution in [-0.4, -0.2) is 30.8 Å². The van der Waals surface area contributed by atoms with Crippen LogP contribution in [0.15, 0.2) is 24.3 Å². The van der Waals surface area contributed by atoms with Crippen molar-refractivity contribution in [3.8, 4) is 5.75 Å². The number of para-hydroxylation sites is 1. The number of carbonyl (C=O) groups excluding carboxylic acids is 1. The average molecular weight is 251 g/mol. The van der Waals surface area contributed by atoms with Crippen molar-refractivity contribution in [3.05, 3.63) is 29.8 Å². The lowest BCUT2D eigenvalue weighted by Crippen LogP contribution is -2.33. The van der Waals surface area contributed by atoms with Gasteiger partial charge in [0.05, 0.1) is 19.6 Å². The van der Waals surface area contributed by atoms with E-state index in [0.29, 0.717) is 18.7 Å². The Morgan fingerprint density at radius 3 is 2.83 bits per heavy atom. The fourth-order valence-electron chi connectivity index (χ4n) is 1.75. The SMILES string of the molecule is CCCC(O)CNC(=O)Cc1ccccc1OC. The van der Waals surface area contributed by atoms with Crippen LogP contribution in [0.4, 0.5) is 0 Å². The number of methoxy groups -OCH3 is 1. The van der Waals surface area contributed by atoms with E-state index in [-0.39, 0.29) is 12.3 Å². The first kappa shape index (κ1) is 14.5. The fraction of sp³-hybridized carbons (Fsp3) is 0.500. The van der Waals surface area contributed by atoms with Crippen LogP contribution in [0.25, 0.3) is 0 Å². The Labute approximate surface area is 108 Å². The number of amides is 1. The Bertz CT molecular complexity index is 379. The molecule has 0 spiro atoms. The van der Waals surface area contributed by atoms with Crippen LogP contribution in [0.1, 0.15) is 25.3 Å². The summed E-state index contributed by atoms with van der Waals surface area (Å²) in [6.45, 7) is 2.31. The van der Waals surface area contributed by atoms with Gasteiger partial charge in [-0.1, -0.05) is 31.5 Å². The monoisotopic (exact) mass is 251 g/mol. The van der Waals surface area contributed by atoms with Gasteiger partial charge in [0.25, 0.3) is 0 Å². The van der Waals surface area contributed by atoms with Crippen LogP contribution in [-0.2, 0) is 11.2 Å². The zero-order chi connectivity index (χ0) is 13.4. The number of nitrogens with one attached hydrogen (secondary N) is 1. The maximum absolute atomic E-state index is 11.7. The maximum atomic E-state index is 11.7. The van der Waals surface area contributed by atoms with Gasteiger partial charge < -0.3 is 15.2 Å². The molecule has 4 nitrogen and oxygen atoms in total. The lowest BCUT2D eigenvalue weighted by Gasteiger charge is -2.12. The highest BCUT2D eigenvalue weighted by molar-refractivity contribution is 5.79. The van der Waals surface area contributed by atoms with Gasteiger partial charge in [0, 0.05) is 12.1 Å². The molecule has 1 amide bonds. The number of carbonyl (C=O) groups is 1. The number of ether oxygens (including phenoxy) is 1. The molecule has 18 heavy (non-hydrogen) atoms. The van der Waals surface area contributed by atoms with Crippen LogP contribution < -0.4 is 10.1 Å². The van der Waals surface area contributed by atoms with Crippen molar-refractivity contribution >= 4 is 5.91 Å². The van der Waals surface area contributed by atoms with Gasteiger partial charge in [-0.05, 0) is 12.5 Å². The average Bonchev–Trinajstić information content (AvgIpc) is 2.37. The molecule has 0 bridgehead atoms. The van der Waals surface area contributed by atoms with Gasteiger partial charge >= 0.3 is 0 Å². The molecule has 0 aliphatic rings. The molecule has 4 heteroatoms. The number of hydrogen-bond donors (Lipinski definition) is 2. The van der Waals surface area contributed by atoms with E-state index < -0.39 is 6.10 Å². The Morgan fingerprint density at radius 2 is 2.17 bits per heavy atom. The van der Waals surface area contributed by atoms with Crippen LogP contribution in [0.2, 0.25) is 0 Å². The molecule has 0 aliphatic carbocycles. The first-order chi connectivity index (χ1) is 8.67. The summed E-state index contributed by atoms with van der Waals surface area (Å²) in [7, 11) is 1.59. The summed E-state index contributed by atoms with van der Waals surface area (Å²) < 4.78 is 5.18. The lowest BCUT2D eigenvalue weighted by molar-refractivity contribution is -0.120. The molecule has 0 saturated heterocycles. The minimum Gasteiger partial charge on any atom is -0.496 e. The van der Waals surface area contributed by atoms with Crippen molar-refractivity contribution in [3.63, 3.8) is 0 Å². The van der Waals surface area contributed by atoms with Gasteiger partial charge in [0.2, 0.25) is 5.91 Å². The molecule has 1 atom stereocenters. The van der Waals surface area contributed by atoms with E-state index >= 15 is 0 Å². The zero-order valence-electron chi connectivity index (χ0n) is 11.0. The predicted molar refractivity (Wildman–Crippen MR) is 70.6 cm³/mol. The molecule has 1 rings (SSSR count). The lowest BCUT2D eigenvalue weighted by atomic mass is 10.1. The van der Waals surface area contributed by atoms with E-state index in [2.05, 4.69) is 5.32 Å². The van der Waals surface area contributed by atoms with Gasteiger partial charge in [0.1, 0.15) is 5.75 Å². The molecule has 1 aromatic carbocycles. The van der Waals surface area contributed by atoms with Gasteiger partial charge in [0.15, 0.2) is 0 Å². The highest BCUT2D eigenvalue weighted by Gasteiger charge is 2.09. The second-order valence-electron chi connectivity index (χ2n) is 4.24. The molecule has 1 unspecified atom stereocenters. The van der Waals surface area contributed by atoms with Crippen molar-refractivity contribution in [1.29, 1.82) is 0 Å². The van der Waals surface area contributed by atoms with Crippen LogP contribution >= 0.6 is 0 Å². The summed E-state index contributed by atoms with van der Waals surface area (Å²) in [6.07, 6.45) is 1.41. The standard InChI is InChI=1S/C14H21NO3/c1-3-6-12(16)10-15-14(17)9-11-7-4-5-8-13(11)18-2/h4-5,7-8,12,16H,3,6,9-10H2,1-2H3,(H,15,17). The number of aliphatic hydroxyl groups is 1. The normalized spacial score (nSPS) is 11.9. The van der Waals surface area contributed by atoms with Gasteiger partial charge in [-0.25, -0.2) is 0 Å². The van der Waals surface area contributed by atoms with Crippen LogP contribution in [0.3, 0.4) is 0 Å². The van der Waals surface area contributed by atoms with Gasteiger partial charge in [-0.3, -0.25) is 4.79 Å². The van der Waals surface area contributed by atoms with E-state index in [9.17, 15) is 9.90 Å². The fourth-order valence-corrected chi connectivity index (χ4v) is 1.75. The number of aliphatic hydroxyl groups excluding tert-OH is 1. The Morgan fingerprint density at radius 1 is 1.44 bits per heavy atom. The Hall–Kier alpha value is -1.55. The largest absolute Gasteiger partial charge is 0.496 e. The van der Waals surface area contributed by atoms with E-state index in [1.165, 1.54) is 0 Å².